The van der Waals surface area contributed by atoms with Gasteiger partial charge in [0, 0.05) is 6.04 Å². The van der Waals surface area contributed by atoms with Crippen LogP contribution in [0.25, 0.3) is 0 Å². The van der Waals surface area contributed by atoms with Crippen LogP contribution in [0.4, 0.5) is 0 Å². The summed E-state index contributed by atoms with van der Waals surface area (Å²) in [7, 11) is 0. The highest BCUT2D eigenvalue weighted by atomic mass is 14.9. The molecule has 2 N–H and O–H groups in total. The van der Waals surface area contributed by atoms with Gasteiger partial charge in [-0.15, -0.1) is 0 Å². The van der Waals surface area contributed by atoms with Crippen molar-refractivity contribution in [2.75, 3.05) is 0 Å². The second-order valence-electron chi connectivity index (χ2n) is 5.92. The smallest absolute Gasteiger partial charge is 0.00989 e. The highest BCUT2D eigenvalue weighted by Gasteiger charge is 2.83. The molecular weight excluding hydrogens is 146 g/mol. The Morgan fingerprint density at radius 3 is 2.33 bits per heavy atom. The first kappa shape index (κ1) is 7.37. The molecular formula is C11H19N. The van der Waals surface area contributed by atoms with E-state index in [4.69, 9.17) is 5.73 Å². The van der Waals surface area contributed by atoms with Crippen molar-refractivity contribution in [2.24, 2.45) is 34.3 Å². The Bertz CT molecular complexity index is 245. The minimum Gasteiger partial charge on any atom is -0.327 e. The average molecular weight is 165 g/mol. The van der Waals surface area contributed by atoms with Crippen molar-refractivity contribution in [3.05, 3.63) is 0 Å². The van der Waals surface area contributed by atoms with Gasteiger partial charge in [0.05, 0.1) is 0 Å². The van der Waals surface area contributed by atoms with E-state index in [9.17, 15) is 0 Å². The molecule has 5 unspecified atom stereocenters. The van der Waals surface area contributed by atoms with E-state index in [0.29, 0.717) is 16.9 Å². The molecule has 1 heteroatoms. The van der Waals surface area contributed by atoms with E-state index in [-0.39, 0.29) is 0 Å². The molecule has 3 aliphatic rings. The molecule has 3 fully saturated rings. The Labute approximate surface area is 74.7 Å². The summed E-state index contributed by atoms with van der Waals surface area (Å²) in [6, 6.07) is 0.517. The Morgan fingerprint density at radius 2 is 2.00 bits per heavy atom. The molecule has 0 radical (unpaired) electrons. The molecule has 12 heavy (non-hydrogen) atoms. The van der Waals surface area contributed by atoms with E-state index in [1.54, 1.807) is 0 Å². The van der Waals surface area contributed by atoms with Gasteiger partial charge in [-0.2, -0.15) is 0 Å². The molecule has 0 amide bonds. The maximum absolute atomic E-state index is 6.20. The number of hydrogen-bond donors (Lipinski definition) is 1. The molecule has 0 heterocycles. The van der Waals surface area contributed by atoms with Gasteiger partial charge in [-0.25, -0.2) is 0 Å². The van der Waals surface area contributed by atoms with Gasteiger partial charge in [-0.05, 0) is 41.4 Å². The van der Waals surface area contributed by atoms with Crippen LogP contribution in [0.1, 0.15) is 33.6 Å². The topological polar surface area (TPSA) is 26.0 Å². The lowest BCUT2D eigenvalue weighted by molar-refractivity contribution is 0.175. The van der Waals surface area contributed by atoms with Crippen LogP contribution >= 0.6 is 0 Å². The first-order chi connectivity index (χ1) is 5.52. The lowest BCUT2D eigenvalue weighted by Gasteiger charge is -2.32. The fraction of sp³-hybridized carbons (Fsp3) is 1.00. The van der Waals surface area contributed by atoms with Crippen molar-refractivity contribution in [1.29, 1.82) is 0 Å². The molecule has 0 saturated heterocycles. The molecule has 68 valence electrons. The van der Waals surface area contributed by atoms with Gasteiger partial charge >= 0.3 is 0 Å². The summed E-state index contributed by atoms with van der Waals surface area (Å²) in [6.45, 7) is 7.23. The van der Waals surface area contributed by atoms with Crippen LogP contribution in [0, 0.1) is 28.6 Å². The van der Waals surface area contributed by atoms with Crippen molar-refractivity contribution in [2.45, 2.75) is 39.7 Å². The SMILES string of the molecule is CC1CC23C(CC2C3(C)C)C1N. The second kappa shape index (κ2) is 1.61. The van der Waals surface area contributed by atoms with Crippen molar-refractivity contribution < 1.29 is 0 Å². The summed E-state index contributed by atoms with van der Waals surface area (Å²) in [5.41, 5.74) is 7.55. The molecule has 0 aromatic carbocycles. The molecule has 3 rings (SSSR count). The third kappa shape index (κ3) is 0.454. The highest BCUT2D eigenvalue weighted by Crippen LogP contribution is 2.87. The van der Waals surface area contributed by atoms with Crippen LogP contribution in [0.2, 0.25) is 0 Å². The van der Waals surface area contributed by atoms with Crippen molar-refractivity contribution in [3.8, 4) is 0 Å². The number of nitrogens with two attached hydrogens (primary N) is 1. The average Bonchev–Trinajstić information content (AvgIpc) is 2.16. The van der Waals surface area contributed by atoms with Gasteiger partial charge in [-0.3, -0.25) is 0 Å². The summed E-state index contributed by atoms with van der Waals surface area (Å²) >= 11 is 0. The lowest BCUT2D eigenvalue weighted by Crippen LogP contribution is -2.37. The first-order valence-corrected chi connectivity index (χ1v) is 5.27. The summed E-state index contributed by atoms with van der Waals surface area (Å²) in [5, 5.41) is 0. The zero-order valence-corrected chi connectivity index (χ0v) is 8.30. The third-order valence-electron chi connectivity index (χ3n) is 5.54. The molecule has 0 aliphatic heterocycles. The summed E-state index contributed by atoms with van der Waals surface area (Å²) in [6.07, 6.45) is 2.84. The van der Waals surface area contributed by atoms with Crippen LogP contribution in [-0.2, 0) is 0 Å². The first-order valence-electron chi connectivity index (χ1n) is 5.27. The monoisotopic (exact) mass is 165 g/mol. The minimum atomic E-state index is 0.517. The summed E-state index contributed by atoms with van der Waals surface area (Å²) < 4.78 is 0. The van der Waals surface area contributed by atoms with Crippen LogP contribution in [0.15, 0.2) is 0 Å². The lowest BCUT2D eigenvalue weighted by atomic mass is 9.74. The second-order valence-corrected chi connectivity index (χ2v) is 5.92. The van der Waals surface area contributed by atoms with Gasteiger partial charge in [0.15, 0.2) is 0 Å². The van der Waals surface area contributed by atoms with Crippen LogP contribution in [-0.4, -0.2) is 6.04 Å². The van der Waals surface area contributed by atoms with Gasteiger partial charge in [-0.1, -0.05) is 20.8 Å². The van der Waals surface area contributed by atoms with Gasteiger partial charge in [0.1, 0.15) is 0 Å². The maximum atomic E-state index is 6.20. The van der Waals surface area contributed by atoms with E-state index in [1.807, 2.05) is 0 Å². The van der Waals surface area contributed by atoms with Gasteiger partial charge in [0.25, 0.3) is 0 Å². The third-order valence-corrected chi connectivity index (χ3v) is 5.54. The Kier molecular flexibility index (Phi) is 0.991. The molecule has 1 spiro atoms. The van der Waals surface area contributed by atoms with Gasteiger partial charge in [0.2, 0.25) is 0 Å². The van der Waals surface area contributed by atoms with Crippen LogP contribution in [0.3, 0.4) is 0 Å². The zero-order valence-electron chi connectivity index (χ0n) is 8.30. The van der Waals surface area contributed by atoms with Crippen molar-refractivity contribution in [3.63, 3.8) is 0 Å². The molecule has 3 saturated carbocycles. The van der Waals surface area contributed by atoms with Crippen molar-refractivity contribution in [1.82, 2.24) is 0 Å². The van der Waals surface area contributed by atoms with Crippen LogP contribution in [0.5, 0.6) is 0 Å². The fourth-order valence-corrected chi connectivity index (χ4v) is 4.67. The number of rotatable bonds is 0. The molecule has 0 aromatic heterocycles. The normalized spacial score (nSPS) is 65.0. The Hall–Kier alpha value is -0.0400. The zero-order chi connectivity index (χ0) is 8.72. The molecule has 5 atom stereocenters. The largest absolute Gasteiger partial charge is 0.327 e. The predicted octanol–water partition coefficient (Wildman–Crippen LogP) is 2.02. The summed E-state index contributed by atoms with van der Waals surface area (Å²) in [5.74, 6) is 2.69. The van der Waals surface area contributed by atoms with E-state index in [2.05, 4.69) is 20.8 Å². The van der Waals surface area contributed by atoms with E-state index in [1.165, 1.54) is 12.8 Å². The maximum Gasteiger partial charge on any atom is 0.00989 e. The molecule has 0 bridgehead atoms. The molecule has 1 nitrogen and oxygen atoms in total. The van der Waals surface area contributed by atoms with Crippen LogP contribution < -0.4 is 5.73 Å². The fourth-order valence-electron chi connectivity index (χ4n) is 4.67. The molecule has 0 aromatic rings. The number of hydrogen-bond acceptors (Lipinski definition) is 1. The minimum absolute atomic E-state index is 0.517. The molecule has 3 aliphatic carbocycles. The van der Waals surface area contributed by atoms with E-state index < -0.39 is 0 Å². The quantitative estimate of drug-likeness (QED) is 0.584. The predicted molar refractivity (Wildman–Crippen MR) is 49.6 cm³/mol. The van der Waals surface area contributed by atoms with E-state index in [0.717, 1.165) is 17.8 Å². The summed E-state index contributed by atoms with van der Waals surface area (Å²) in [4.78, 5) is 0. The van der Waals surface area contributed by atoms with Gasteiger partial charge < -0.3 is 5.73 Å². The standard InChI is InChI=1S/C11H19N/c1-6-5-11-7(9(6)12)4-8(11)10(11,2)3/h6-9H,4-5,12H2,1-3H3. The van der Waals surface area contributed by atoms with Crippen molar-refractivity contribution >= 4 is 0 Å². The van der Waals surface area contributed by atoms with E-state index >= 15 is 0 Å². The Balaban J connectivity index is 1.97. The highest BCUT2D eigenvalue weighted by molar-refractivity contribution is 5.32. The Morgan fingerprint density at radius 1 is 1.33 bits per heavy atom.